The van der Waals surface area contributed by atoms with Gasteiger partial charge in [-0.2, -0.15) is 5.26 Å². The lowest BCUT2D eigenvalue weighted by atomic mass is 10.1. The molecular formula is C20H19N5O4S2. The van der Waals surface area contributed by atoms with Crippen LogP contribution in [-0.2, 0) is 14.6 Å². The standard InChI is InChI=1S/C20H19N5O4S2/c1-12-9-14(13(2)25(12)16-5-7-17(29-3)8-6-16)10-15(11-21)18(26)22-19-23-24-20(30-19)31(4,27)28/h5-10H,1-4H3,(H,22,23,26)/b15-10-. The van der Waals surface area contributed by atoms with E-state index in [-0.39, 0.29) is 15.0 Å². The highest BCUT2D eigenvalue weighted by Crippen LogP contribution is 2.25. The third kappa shape index (κ3) is 4.82. The lowest BCUT2D eigenvalue weighted by Crippen LogP contribution is -2.13. The van der Waals surface area contributed by atoms with E-state index in [2.05, 4.69) is 15.5 Å². The molecule has 1 amide bonds. The highest BCUT2D eigenvalue weighted by atomic mass is 32.2. The van der Waals surface area contributed by atoms with E-state index in [1.165, 1.54) is 6.08 Å². The summed E-state index contributed by atoms with van der Waals surface area (Å²) in [4.78, 5) is 12.5. The SMILES string of the molecule is COc1ccc(-n2c(C)cc(/C=C(/C#N)C(=O)Nc3nnc(S(C)(=O)=O)s3)c2C)cc1. The molecular weight excluding hydrogens is 438 g/mol. The number of nitrogens with one attached hydrogen (secondary N) is 1. The van der Waals surface area contributed by atoms with Gasteiger partial charge >= 0.3 is 0 Å². The quantitative estimate of drug-likeness (QED) is 0.342. The van der Waals surface area contributed by atoms with Crippen LogP contribution < -0.4 is 10.1 Å². The van der Waals surface area contributed by atoms with Crippen LogP contribution in [0.1, 0.15) is 17.0 Å². The predicted molar refractivity (Wildman–Crippen MR) is 117 cm³/mol. The molecule has 3 rings (SSSR count). The van der Waals surface area contributed by atoms with Crippen LogP contribution in [0.25, 0.3) is 11.8 Å². The molecule has 1 aromatic carbocycles. The van der Waals surface area contributed by atoms with Crippen molar-refractivity contribution in [2.45, 2.75) is 18.2 Å². The monoisotopic (exact) mass is 457 g/mol. The minimum Gasteiger partial charge on any atom is -0.497 e. The van der Waals surface area contributed by atoms with Crippen molar-refractivity contribution in [3.8, 4) is 17.5 Å². The Morgan fingerprint density at radius 2 is 1.94 bits per heavy atom. The molecule has 3 aromatic rings. The van der Waals surface area contributed by atoms with Gasteiger partial charge in [0.25, 0.3) is 5.91 Å². The summed E-state index contributed by atoms with van der Waals surface area (Å²) in [5, 5.41) is 19.1. The van der Waals surface area contributed by atoms with Crippen molar-refractivity contribution in [3.63, 3.8) is 0 Å². The summed E-state index contributed by atoms with van der Waals surface area (Å²) in [7, 11) is -1.93. The fraction of sp³-hybridized carbons (Fsp3) is 0.200. The van der Waals surface area contributed by atoms with Gasteiger partial charge < -0.3 is 9.30 Å². The first-order chi connectivity index (χ1) is 14.6. The Kier molecular flexibility index (Phi) is 6.24. The summed E-state index contributed by atoms with van der Waals surface area (Å²) in [6.45, 7) is 3.81. The van der Waals surface area contributed by atoms with Crippen molar-refractivity contribution in [1.82, 2.24) is 14.8 Å². The third-order valence-corrected chi connectivity index (χ3v) is 6.92. The van der Waals surface area contributed by atoms with Crippen molar-refractivity contribution in [3.05, 3.63) is 52.9 Å². The van der Waals surface area contributed by atoms with Crippen LogP contribution in [0.3, 0.4) is 0 Å². The van der Waals surface area contributed by atoms with E-state index in [0.717, 1.165) is 40.4 Å². The number of hydrogen-bond donors (Lipinski definition) is 1. The molecule has 0 spiro atoms. The van der Waals surface area contributed by atoms with Crippen LogP contribution in [0.2, 0.25) is 0 Å². The zero-order chi connectivity index (χ0) is 22.8. The molecule has 2 heterocycles. The van der Waals surface area contributed by atoms with Crippen LogP contribution in [0.4, 0.5) is 5.13 Å². The molecule has 0 aliphatic carbocycles. The van der Waals surface area contributed by atoms with Gasteiger partial charge in [-0.15, -0.1) is 10.2 Å². The number of sulfone groups is 1. The maximum absolute atomic E-state index is 12.5. The molecule has 0 saturated heterocycles. The molecule has 9 nitrogen and oxygen atoms in total. The molecule has 0 aliphatic rings. The fourth-order valence-corrected chi connectivity index (χ4v) is 4.44. The van der Waals surface area contributed by atoms with Crippen molar-refractivity contribution >= 4 is 38.3 Å². The minimum absolute atomic E-state index is 0.00437. The summed E-state index contributed by atoms with van der Waals surface area (Å²) in [5.74, 6) is 0.0402. The van der Waals surface area contributed by atoms with Gasteiger partial charge in [0.05, 0.1) is 7.11 Å². The highest BCUT2D eigenvalue weighted by molar-refractivity contribution is 7.92. The van der Waals surface area contributed by atoms with Gasteiger partial charge in [0.1, 0.15) is 17.4 Å². The van der Waals surface area contributed by atoms with Gasteiger partial charge in [0.15, 0.2) is 0 Å². The molecule has 0 aliphatic heterocycles. The Morgan fingerprint density at radius 1 is 1.26 bits per heavy atom. The molecule has 0 saturated carbocycles. The second-order valence-corrected chi connectivity index (χ2v) is 9.80. The number of hydrogen-bond acceptors (Lipinski definition) is 8. The average molecular weight is 458 g/mol. The van der Waals surface area contributed by atoms with Crippen LogP contribution >= 0.6 is 11.3 Å². The maximum atomic E-state index is 12.5. The number of benzene rings is 1. The number of methoxy groups -OCH3 is 1. The Hall–Kier alpha value is -3.49. The van der Waals surface area contributed by atoms with Crippen LogP contribution in [0, 0.1) is 25.2 Å². The van der Waals surface area contributed by atoms with E-state index in [1.807, 2.05) is 54.8 Å². The third-order valence-electron chi connectivity index (χ3n) is 4.41. The summed E-state index contributed by atoms with van der Waals surface area (Å²) >= 11 is 0.719. The number of aryl methyl sites for hydroxylation is 1. The molecule has 0 radical (unpaired) electrons. The Bertz CT molecular complexity index is 1310. The zero-order valence-corrected chi connectivity index (χ0v) is 18.8. The number of nitriles is 1. The van der Waals surface area contributed by atoms with Crippen LogP contribution in [0.5, 0.6) is 5.75 Å². The van der Waals surface area contributed by atoms with E-state index in [0.29, 0.717) is 5.56 Å². The van der Waals surface area contributed by atoms with Gasteiger partial charge in [-0.1, -0.05) is 11.3 Å². The Balaban J connectivity index is 1.89. The van der Waals surface area contributed by atoms with E-state index < -0.39 is 15.7 Å². The normalized spacial score (nSPS) is 11.8. The second kappa shape index (κ2) is 8.71. The molecule has 1 N–H and O–H groups in total. The molecule has 31 heavy (non-hydrogen) atoms. The van der Waals surface area contributed by atoms with Crippen LogP contribution in [-0.4, -0.2) is 42.5 Å². The number of carbonyl (C=O) groups excluding carboxylic acids is 1. The van der Waals surface area contributed by atoms with E-state index in [9.17, 15) is 18.5 Å². The summed E-state index contributed by atoms with van der Waals surface area (Å²) in [6.07, 6.45) is 2.48. The van der Waals surface area contributed by atoms with Crippen molar-refractivity contribution < 1.29 is 17.9 Å². The fourth-order valence-electron chi connectivity index (χ4n) is 2.94. The Morgan fingerprint density at radius 3 is 2.48 bits per heavy atom. The molecule has 0 fully saturated rings. The molecule has 11 heteroatoms. The van der Waals surface area contributed by atoms with Crippen LogP contribution in [0.15, 0.2) is 40.2 Å². The molecule has 0 unspecified atom stereocenters. The first kappa shape index (κ1) is 22.2. The topological polar surface area (TPSA) is 127 Å². The van der Waals surface area contributed by atoms with E-state index >= 15 is 0 Å². The van der Waals surface area contributed by atoms with Gasteiger partial charge in [-0.3, -0.25) is 10.1 Å². The molecule has 0 bridgehead atoms. The number of carbonyl (C=O) groups is 1. The molecule has 0 atom stereocenters. The summed E-state index contributed by atoms with van der Waals surface area (Å²) in [5.41, 5.74) is 3.24. The lowest BCUT2D eigenvalue weighted by molar-refractivity contribution is -0.112. The highest BCUT2D eigenvalue weighted by Gasteiger charge is 2.18. The predicted octanol–water partition coefficient (Wildman–Crippen LogP) is 2.90. The van der Waals surface area contributed by atoms with Crippen molar-refractivity contribution in [2.75, 3.05) is 18.7 Å². The minimum atomic E-state index is -3.53. The van der Waals surface area contributed by atoms with Gasteiger partial charge in [-0.25, -0.2) is 8.42 Å². The van der Waals surface area contributed by atoms with E-state index in [4.69, 9.17) is 4.74 Å². The first-order valence-electron chi connectivity index (χ1n) is 8.94. The number of aromatic nitrogens is 3. The number of rotatable bonds is 6. The smallest absolute Gasteiger partial charge is 0.268 e. The number of ether oxygens (including phenoxy) is 1. The van der Waals surface area contributed by atoms with Crippen molar-refractivity contribution in [1.29, 1.82) is 5.26 Å². The lowest BCUT2D eigenvalue weighted by Gasteiger charge is -2.10. The maximum Gasteiger partial charge on any atom is 0.268 e. The Labute approximate surface area is 183 Å². The van der Waals surface area contributed by atoms with Gasteiger partial charge in [0, 0.05) is 23.3 Å². The second-order valence-electron chi connectivity index (χ2n) is 6.63. The van der Waals surface area contributed by atoms with Crippen molar-refractivity contribution in [2.24, 2.45) is 0 Å². The number of nitrogens with zero attached hydrogens (tertiary/aromatic N) is 4. The first-order valence-corrected chi connectivity index (χ1v) is 11.6. The van der Waals surface area contributed by atoms with E-state index in [1.54, 1.807) is 7.11 Å². The van der Waals surface area contributed by atoms with Gasteiger partial charge in [-0.05, 0) is 55.8 Å². The number of anilines is 1. The number of amides is 1. The van der Waals surface area contributed by atoms with Gasteiger partial charge in [0.2, 0.25) is 19.3 Å². The molecule has 2 aromatic heterocycles. The average Bonchev–Trinajstić information content (AvgIpc) is 3.30. The largest absolute Gasteiger partial charge is 0.497 e. The summed E-state index contributed by atoms with van der Waals surface area (Å²) in [6, 6.07) is 11.3. The summed E-state index contributed by atoms with van der Waals surface area (Å²) < 4.78 is 30.0. The molecule has 160 valence electrons. The zero-order valence-electron chi connectivity index (χ0n) is 17.2.